The predicted molar refractivity (Wildman–Crippen MR) is 48.0 cm³/mol. The van der Waals surface area contributed by atoms with Crippen molar-refractivity contribution in [1.82, 2.24) is 9.78 Å². The van der Waals surface area contributed by atoms with Crippen molar-refractivity contribution in [3.8, 4) is 0 Å². The maximum Gasteiger partial charge on any atom is 0.333 e. The smallest absolute Gasteiger partial charge is 0.333 e. The summed E-state index contributed by atoms with van der Waals surface area (Å²) in [5.41, 5.74) is 0.403. The summed E-state index contributed by atoms with van der Waals surface area (Å²) in [6, 6.07) is 1.54. The van der Waals surface area contributed by atoms with E-state index in [9.17, 15) is 8.78 Å². The first-order valence-corrected chi connectivity index (χ1v) is 4.57. The van der Waals surface area contributed by atoms with Crippen molar-refractivity contribution in [2.75, 3.05) is 0 Å². The zero-order valence-corrected chi connectivity index (χ0v) is 8.28. The summed E-state index contributed by atoms with van der Waals surface area (Å²) >= 11 is 0. The van der Waals surface area contributed by atoms with Gasteiger partial charge < -0.3 is 4.74 Å². The zero-order chi connectivity index (χ0) is 10.6. The van der Waals surface area contributed by atoms with E-state index in [2.05, 4.69) is 5.10 Å². The van der Waals surface area contributed by atoms with Crippen LogP contribution in [0.3, 0.4) is 0 Å². The van der Waals surface area contributed by atoms with Crippen LogP contribution in [0, 0.1) is 0 Å². The molecule has 0 saturated heterocycles. The molecule has 0 radical (unpaired) electrons. The fourth-order valence-electron chi connectivity index (χ4n) is 0.977. The molecule has 1 rings (SSSR count). The number of aromatic nitrogens is 2. The average Bonchev–Trinajstić information content (AvgIpc) is 2.62. The van der Waals surface area contributed by atoms with Crippen molar-refractivity contribution in [1.29, 1.82) is 0 Å². The summed E-state index contributed by atoms with van der Waals surface area (Å²) in [6.07, 6.45) is 2.29. The minimum atomic E-state index is -2.60. The van der Waals surface area contributed by atoms with Crippen LogP contribution in [-0.2, 0) is 11.3 Å². The third-order valence-corrected chi connectivity index (χ3v) is 2.03. The van der Waals surface area contributed by atoms with Crippen LogP contribution < -0.4 is 0 Å². The quantitative estimate of drug-likeness (QED) is 0.737. The summed E-state index contributed by atoms with van der Waals surface area (Å²) in [5.74, 6) is 0. The van der Waals surface area contributed by atoms with Crippen molar-refractivity contribution >= 4 is 0 Å². The second-order valence-corrected chi connectivity index (χ2v) is 3.07. The molecular weight excluding hydrogens is 190 g/mol. The Balaban J connectivity index is 2.54. The summed E-state index contributed by atoms with van der Waals surface area (Å²) in [5, 5.41) is 3.51. The predicted octanol–water partition coefficient (Wildman–Crippen LogP) is 2.59. The summed E-state index contributed by atoms with van der Waals surface area (Å²) in [4.78, 5) is 0. The van der Waals surface area contributed by atoms with Crippen LogP contribution in [-0.4, -0.2) is 15.9 Å². The largest absolute Gasteiger partial charge is 0.372 e. The molecule has 80 valence electrons. The molecule has 0 aliphatic heterocycles. The molecule has 0 bridgehead atoms. The van der Waals surface area contributed by atoms with E-state index in [1.165, 1.54) is 12.3 Å². The molecule has 1 atom stereocenters. The molecule has 0 spiro atoms. The van der Waals surface area contributed by atoms with E-state index in [0.717, 1.165) is 6.42 Å². The number of halogens is 2. The van der Waals surface area contributed by atoms with Gasteiger partial charge >= 0.3 is 6.55 Å². The van der Waals surface area contributed by atoms with Crippen LogP contribution >= 0.6 is 0 Å². The molecule has 0 N–H and O–H groups in total. The van der Waals surface area contributed by atoms with E-state index in [1.807, 2.05) is 13.8 Å². The van der Waals surface area contributed by atoms with E-state index >= 15 is 0 Å². The third kappa shape index (κ3) is 2.77. The highest BCUT2D eigenvalue weighted by atomic mass is 19.3. The molecule has 0 aliphatic rings. The normalized spacial score (nSPS) is 13.5. The number of nitrogens with zero attached hydrogens (tertiary/aromatic N) is 2. The van der Waals surface area contributed by atoms with Gasteiger partial charge in [0.05, 0.1) is 18.4 Å². The van der Waals surface area contributed by atoms with Crippen LogP contribution in [0.5, 0.6) is 0 Å². The first kappa shape index (κ1) is 11.1. The lowest BCUT2D eigenvalue weighted by molar-refractivity contribution is 0.0218. The number of ether oxygens (including phenoxy) is 1. The topological polar surface area (TPSA) is 27.1 Å². The van der Waals surface area contributed by atoms with E-state index in [1.54, 1.807) is 0 Å². The lowest BCUT2D eigenvalue weighted by Crippen LogP contribution is -2.11. The van der Waals surface area contributed by atoms with Crippen LogP contribution in [0.2, 0.25) is 0 Å². The lowest BCUT2D eigenvalue weighted by Gasteiger charge is -2.11. The monoisotopic (exact) mass is 204 g/mol. The molecule has 1 aromatic heterocycles. The third-order valence-electron chi connectivity index (χ3n) is 2.03. The molecule has 1 heterocycles. The van der Waals surface area contributed by atoms with Crippen LogP contribution in [0.1, 0.15) is 32.5 Å². The van der Waals surface area contributed by atoms with Crippen molar-refractivity contribution in [3.63, 3.8) is 0 Å². The molecule has 0 fully saturated rings. The molecule has 14 heavy (non-hydrogen) atoms. The van der Waals surface area contributed by atoms with Crippen molar-refractivity contribution in [2.45, 2.75) is 39.5 Å². The van der Waals surface area contributed by atoms with Gasteiger partial charge in [-0.25, -0.2) is 4.68 Å². The fraction of sp³-hybridized carbons (Fsp3) is 0.667. The number of hydrogen-bond acceptors (Lipinski definition) is 2. The van der Waals surface area contributed by atoms with Crippen molar-refractivity contribution in [2.24, 2.45) is 0 Å². The van der Waals surface area contributed by atoms with E-state index in [-0.39, 0.29) is 12.7 Å². The van der Waals surface area contributed by atoms with Crippen molar-refractivity contribution in [3.05, 3.63) is 18.0 Å². The van der Waals surface area contributed by atoms with Crippen molar-refractivity contribution < 1.29 is 13.5 Å². The van der Waals surface area contributed by atoms with Gasteiger partial charge in [-0.3, -0.25) is 0 Å². The molecule has 0 aliphatic carbocycles. The van der Waals surface area contributed by atoms with Crippen LogP contribution in [0.25, 0.3) is 0 Å². The van der Waals surface area contributed by atoms with Gasteiger partial charge in [-0.05, 0) is 19.4 Å². The van der Waals surface area contributed by atoms with E-state index in [4.69, 9.17) is 4.74 Å². The van der Waals surface area contributed by atoms with Gasteiger partial charge in [-0.1, -0.05) is 6.92 Å². The summed E-state index contributed by atoms with van der Waals surface area (Å²) < 4.78 is 30.6. The standard InChI is InChI=1S/C9H14F2N2O/c1-3-7(2)14-6-8-4-5-12-13(8)9(10)11/h4-5,7,9H,3,6H2,1-2H3/t7-/m0/s1. The first-order valence-electron chi connectivity index (χ1n) is 4.57. The van der Waals surface area contributed by atoms with Gasteiger partial charge in [0, 0.05) is 6.20 Å². The maximum atomic E-state index is 12.3. The maximum absolute atomic E-state index is 12.3. The first-order chi connectivity index (χ1) is 6.65. The summed E-state index contributed by atoms with van der Waals surface area (Å²) in [6.45, 7) is 1.47. The Morgan fingerprint density at radius 3 is 2.86 bits per heavy atom. The van der Waals surface area contributed by atoms with Gasteiger partial charge in [0.25, 0.3) is 0 Å². The van der Waals surface area contributed by atoms with E-state index in [0.29, 0.717) is 10.4 Å². The molecule has 1 aromatic rings. The van der Waals surface area contributed by atoms with Gasteiger partial charge in [0.2, 0.25) is 0 Å². The molecule has 5 heteroatoms. The van der Waals surface area contributed by atoms with Crippen LogP contribution in [0.4, 0.5) is 8.78 Å². The fourth-order valence-corrected chi connectivity index (χ4v) is 0.977. The SMILES string of the molecule is CC[C@H](C)OCc1ccnn1C(F)F. The van der Waals surface area contributed by atoms with Crippen LogP contribution in [0.15, 0.2) is 12.3 Å². The Morgan fingerprint density at radius 2 is 2.29 bits per heavy atom. The van der Waals surface area contributed by atoms with Gasteiger partial charge in [0.15, 0.2) is 0 Å². The molecule has 0 amide bonds. The Hall–Kier alpha value is -0.970. The zero-order valence-electron chi connectivity index (χ0n) is 8.28. The number of rotatable bonds is 5. The Kier molecular flexibility index (Phi) is 4.00. The molecule has 0 unspecified atom stereocenters. The second kappa shape index (κ2) is 5.05. The number of hydrogen-bond donors (Lipinski definition) is 0. The highest BCUT2D eigenvalue weighted by Gasteiger charge is 2.12. The molecule has 0 aromatic carbocycles. The van der Waals surface area contributed by atoms with Gasteiger partial charge in [-0.2, -0.15) is 13.9 Å². The Morgan fingerprint density at radius 1 is 1.57 bits per heavy atom. The average molecular weight is 204 g/mol. The Bertz CT molecular complexity index is 276. The lowest BCUT2D eigenvalue weighted by atomic mass is 10.3. The molecule has 0 saturated carbocycles. The second-order valence-electron chi connectivity index (χ2n) is 3.07. The molecular formula is C9H14F2N2O. The minimum Gasteiger partial charge on any atom is -0.372 e. The molecule has 3 nitrogen and oxygen atoms in total. The van der Waals surface area contributed by atoms with E-state index < -0.39 is 6.55 Å². The van der Waals surface area contributed by atoms with Gasteiger partial charge in [0.1, 0.15) is 0 Å². The minimum absolute atomic E-state index is 0.0797. The number of alkyl halides is 2. The highest BCUT2D eigenvalue weighted by Crippen LogP contribution is 2.13. The summed E-state index contributed by atoms with van der Waals surface area (Å²) in [7, 11) is 0. The highest BCUT2D eigenvalue weighted by molar-refractivity contribution is 4.98. The Labute approximate surface area is 81.7 Å². The van der Waals surface area contributed by atoms with Gasteiger partial charge in [-0.15, -0.1) is 0 Å².